The molecule has 0 aromatic heterocycles. The van der Waals surface area contributed by atoms with Gasteiger partial charge < -0.3 is 4.74 Å². The van der Waals surface area contributed by atoms with Crippen LogP contribution in [0.3, 0.4) is 0 Å². The number of para-hydroxylation sites is 1. The SMILES string of the molecule is Cc1ccccc1OCCc1ccccc1N=O. The molecule has 0 aliphatic rings. The van der Waals surface area contributed by atoms with Gasteiger partial charge in [0.15, 0.2) is 0 Å². The topological polar surface area (TPSA) is 38.7 Å². The average molecular weight is 241 g/mol. The standard InChI is InChI=1S/C15H15NO2/c1-12-6-2-5-9-15(12)18-11-10-13-7-3-4-8-14(13)16-17/h2-9H,10-11H2,1H3. The minimum absolute atomic E-state index is 0.492. The van der Waals surface area contributed by atoms with Crippen LogP contribution >= 0.6 is 0 Å². The van der Waals surface area contributed by atoms with Crippen molar-refractivity contribution in [2.24, 2.45) is 5.18 Å². The summed E-state index contributed by atoms with van der Waals surface area (Å²) in [5, 5.41) is 3.01. The van der Waals surface area contributed by atoms with Crippen LogP contribution in [0.25, 0.3) is 0 Å². The van der Waals surface area contributed by atoms with Crippen molar-refractivity contribution in [2.75, 3.05) is 6.61 Å². The Morgan fingerprint density at radius 2 is 1.78 bits per heavy atom. The van der Waals surface area contributed by atoms with Crippen LogP contribution in [0, 0.1) is 11.8 Å². The molecule has 0 N–H and O–H groups in total. The van der Waals surface area contributed by atoms with E-state index in [0.29, 0.717) is 18.7 Å². The molecule has 0 unspecified atom stereocenters. The molecule has 0 aliphatic carbocycles. The molecule has 0 amide bonds. The van der Waals surface area contributed by atoms with Gasteiger partial charge in [-0.3, -0.25) is 0 Å². The highest BCUT2D eigenvalue weighted by Crippen LogP contribution is 2.20. The van der Waals surface area contributed by atoms with Crippen molar-refractivity contribution in [2.45, 2.75) is 13.3 Å². The first kappa shape index (κ1) is 12.3. The van der Waals surface area contributed by atoms with E-state index in [1.54, 1.807) is 6.07 Å². The fraction of sp³-hybridized carbons (Fsp3) is 0.200. The van der Waals surface area contributed by atoms with Gasteiger partial charge in [0.2, 0.25) is 0 Å². The maximum absolute atomic E-state index is 10.6. The van der Waals surface area contributed by atoms with Crippen LogP contribution in [0.2, 0.25) is 0 Å². The second-order valence-electron chi connectivity index (χ2n) is 4.08. The number of hydrogen-bond donors (Lipinski definition) is 0. The Balaban J connectivity index is 1.97. The van der Waals surface area contributed by atoms with Gasteiger partial charge in [-0.05, 0) is 35.4 Å². The molecule has 0 heterocycles. The molecule has 0 bridgehead atoms. The maximum atomic E-state index is 10.6. The fourth-order valence-corrected chi connectivity index (χ4v) is 1.80. The Morgan fingerprint density at radius 3 is 2.56 bits per heavy atom. The maximum Gasteiger partial charge on any atom is 0.122 e. The Kier molecular flexibility index (Phi) is 4.07. The highest BCUT2D eigenvalue weighted by molar-refractivity contribution is 5.45. The van der Waals surface area contributed by atoms with Crippen LogP contribution in [0.15, 0.2) is 53.7 Å². The van der Waals surface area contributed by atoms with Crippen molar-refractivity contribution in [3.8, 4) is 5.75 Å². The van der Waals surface area contributed by atoms with E-state index >= 15 is 0 Å². The highest BCUT2D eigenvalue weighted by atomic mass is 16.5. The average Bonchev–Trinajstić information content (AvgIpc) is 2.41. The lowest BCUT2D eigenvalue weighted by Gasteiger charge is -2.09. The van der Waals surface area contributed by atoms with Gasteiger partial charge in [0, 0.05) is 6.42 Å². The van der Waals surface area contributed by atoms with Crippen molar-refractivity contribution in [1.29, 1.82) is 0 Å². The number of hydrogen-bond acceptors (Lipinski definition) is 3. The van der Waals surface area contributed by atoms with Crippen LogP contribution in [-0.2, 0) is 6.42 Å². The number of benzene rings is 2. The van der Waals surface area contributed by atoms with E-state index in [4.69, 9.17) is 4.74 Å². The normalized spacial score (nSPS) is 10.1. The Hall–Kier alpha value is -2.16. The zero-order valence-corrected chi connectivity index (χ0v) is 10.3. The molecule has 0 atom stereocenters. The third-order valence-electron chi connectivity index (χ3n) is 2.81. The molecule has 3 nitrogen and oxygen atoms in total. The summed E-state index contributed by atoms with van der Waals surface area (Å²) in [6.45, 7) is 2.55. The predicted octanol–water partition coefficient (Wildman–Crippen LogP) is 4.01. The van der Waals surface area contributed by atoms with Crippen LogP contribution in [0.5, 0.6) is 5.75 Å². The molecule has 0 fully saturated rings. The molecule has 2 rings (SSSR count). The number of ether oxygens (including phenoxy) is 1. The van der Waals surface area contributed by atoms with E-state index in [1.807, 2.05) is 49.4 Å². The summed E-state index contributed by atoms with van der Waals surface area (Å²) in [6.07, 6.45) is 0.677. The first-order chi connectivity index (χ1) is 8.81. The molecule has 92 valence electrons. The second-order valence-corrected chi connectivity index (χ2v) is 4.08. The van der Waals surface area contributed by atoms with Crippen molar-refractivity contribution in [3.63, 3.8) is 0 Å². The minimum atomic E-state index is 0.492. The van der Waals surface area contributed by atoms with Gasteiger partial charge in [-0.2, -0.15) is 0 Å². The van der Waals surface area contributed by atoms with E-state index in [-0.39, 0.29) is 0 Å². The summed E-state index contributed by atoms with van der Waals surface area (Å²) in [4.78, 5) is 10.6. The molecule has 0 spiro atoms. The van der Waals surface area contributed by atoms with Gasteiger partial charge in [0.25, 0.3) is 0 Å². The lowest BCUT2D eigenvalue weighted by molar-refractivity contribution is 0.320. The summed E-state index contributed by atoms with van der Waals surface area (Å²) in [5.41, 5.74) is 2.52. The van der Waals surface area contributed by atoms with E-state index in [0.717, 1.165) is 16.9 Å². The minimum Gasteiger partial charge on any atom is -0.493 e. The number of aryl methyl sites for hydroxylation is 1. The van der Waals surface area contributed by atoms with Crippen molar-refractivity contribution in [1.82, 2.24) is 0 Å². The zero-order chi connectivity index (χ0) is 12.8. The van der Waals surface area contributed by atoms with E-state index < -0.39 is 0 Å². The van der Waals surface area contributed by atoms with E-state index in [1.165, 1.54) is 0 Å². The fourth-order valence-electron chi connectivity index (χ4n) is 1.80. The zero-order valence-electron chi connectivity index (χ0n) is 10.3. The first-order valence-corrected chi connectivity index (χ1v) is 5.91. The molecule has 18 heavy (non-hydrogen) atoms. The monoisotopic (exact) mass is 241 g/mol. The lowest BCUT2D eigenvalue weighted by Crippen LogP contribution is -2.02. The van der Waals surface area contributed by atoms with E-state index in [2.05, 4.69) is 5.18 Å². The molecule has 0 radical (unpaired) electrons. The van der Waals surface area contributed by atoms with Crippen LogP contribution in [0.1, 0.15) is 11.1 Å². The molecule has 3 heteroatoms. The number of nitrogens with zero attached hydrogens (tertiary/aromatic N) is 1. The smallest absolute Gasteiger partial charge is 0.122 e. The summed E-state index contributed by atoms with van der Waals surface area (Å²) < 4.78 is 5.70. The third kappa shape index (κ3) is 2.94. The van der Waals surface area contributed by atoms with Crippen LogP contribution < -0.4 is 4.74 Å². The van der Waals surface area contributed by atoms with Crippen LogP contribution in [0.4, 0.5) is 5.69 Å². The van der Waals surface area contributed by atoms with Gasteiger partial charge >= 0.3 is 0 Å². The summed E-state index contributed by atoms with van der Waals surface area (Å²) in [5.74, 6) is 0.883. The Bertz CT molecular complexity index is 538. The van der Waals surface area contributed by atoms with Gasteiger partial charge in [-0.25, -0.2) is 0 Å². The molecular formula is C15H15NO2. The summed E-state index contributed by atoms with van der Waals surface area (Å²) >= 11 is 0. The predicted molar refractivity (Wildman–Crippen MR) is 72.3 cm³/mol. The lowest BCUT2D eigenvalue weighted by atomic mass is 10.1. The van der Waals surface area contributed by atoms with Crippen molar-refractivity contribution in [3.05, 3.63) is 64.6 Å². The van der Waals surface area contributed by atoms with Gasteiger partial charge in [-0.1, -0.05) is 36.4 Å². The molecule has 2 aromatic carbocycles. The van der Waals surface area contributed by atoms with Crippen molar-refractivity contribution < 1.29 is 4.74 Å². The quantitative estimate of drug-likeness (QED) is 0.742. The molecular weight excluding hydrogens is 226 g/mol. The van der Waals surface area contributed by atoms with Crippen LogP contribution in [-0.4, -0.2) is 6.61 Å². The first-order valence-electron chi connectivity index (χ1n) is 5.91. The molecule has 0 aliphatic heterocycles. The largest absolute Gasteiger partial charge is 0.493 e. The Labute approximate surface area is 106 Å². The number of nitroso groups, excluding NO2 is 1. The third-order valence-corrected chi connectivity index (χ3v) is 2.81. The molecule has 0 saturated carbocycles. The van der Waals surface area contributed by atoms with Gasteiger partial charge in [0.1, 0.15) is 11.4 Å². The second kappa shape index (κ2) is 5.96. The number of rotatable bonds is 5. The molecule has 0 saturated heterocycles. The Morgan fingerprint density at radius 1 is 1.06 bits per heavy atom. The van der Waals surface area contributed by atoms with Gasteiger partial charge in [0.05, 0.1) is 6.61 Å². The molecule has 2 aromatic rings. The summed E-state index contributed by atoms with van der Waals surface area (Å²) in [6, 6.07) is 15.2. The van der Waals surface area contributed by atoms with Gasteiger partial charge in [-0.15, -0.1) is 4.91 Å². The van der Waals surface area contributed by atoms with E-state index in [9.17, 15) is 4.91 Å². The van der Waals surface area contributed by atoms with Crippen molar-refractivity contribution >= 4 is 5.69 Å². The highest BCUT2D eigenvalue weighted by Gasteiger charge is 2.03. The summed E-state index contributed by atoms with van der Waals surface area (Å²) in [7, 11) is 0.